The van der Waals surface area contributed by atoms with Gasteiger partial charge < -0.3 is 15.0 Å². The van der Waals surface area contributed by atoms with Gasteiger partial charge in [0.1, 0.15) is 6.10 Å². The Morgan fingerprint density at radius 2 is 2.00 bits per heavy atom. The van der Waals surface area contributed by atoms with Gasteiger partial charge in [0.2, 0.25) is 5.91 Å². The number of amides is 1. The number of nitrogens with zero attached hydrogens (tertiary/aromatic N) is 3. The lowest BCUT2D eigenvalue weighted by Gasteiger charge is -2.41. The third-order valence-corrected chi connectivity index (χ3v) is 5.75. The molecule has 4 heterocycles. The van der Waals surface area contributed by atoms with Gasteiger partial charge in [-0.15, -0.1) is 0 Å². The van der Waals surface area contributed by atoms with Gasteiger partial charge in [0.15, 0.2) is 0 Å². The molecule has 5 rings (SSSR count). The number of hydrogen-bond donors (Lipinski definition) is 1. The normalized spacial score (nSPS) is 26.9. The minimum atomic E-state index is 0.0471. The molecule has 3 aliphatic heterocycles. The Morgan fingerprint density at radius 1 is 1.12 bits per heavy atom. The molecule has 6 heteroatoms. The number of benzene rings is 1. The Hall–Kier alpha value is -2.47. The second kappa shape index (κ2) is 6.36. The first-order valence-electron chi connectivity index (χ1n) is 9.39. The van der Waals surface area contributed by atoms with E-state index in [4.69, 9.17) is 4.74 Å². The highest BCUT2D eigenvalue weighted by molar-refractivity contribution is 5.99. The Kier molecular flexibility index (Phi) is 3.85. The molecule has 26 heavy (non-hydrogen) atoms. The zero-order chi connectivity index (χ0) is 17.5. The molecule has 1 amide bonds. The van der Waals surface area contributed by atoms with Crippen molar-refractivity contribution in [3.8, 4) is 17.1 Å². The smallest absolute Gasteiger partial charge is 0.316 e. The summed E-state index contributed by atoms with van der Waals surface area (Å²) >= 11 is 0. The van der Waals surface area contributed by atoms with Crippen LogP contribution in [0.5, 0.6) is 6.01 Å². The summed E-state index contributed by atoms with van der Waals surface area (Å²) in [5.41, 5.74) is 3.88. The van der Waals surface area contributed by atoms with Gasteiger partial charge in [-0.3, -0.25) is 4.79 Å². The number of hydrogen-bond acceptors (Lipinski definition) is 5. The Labute approximate surface area is 152 Å². The first-order valence-corrected chi connectivity index (χ1v) is 9.39. The van der Waals surface area contributed by atoms with E-state index in [0.29, 0.717) is 18.3 Å². The molecule has 0 spiro atoms. The second-order valence-electron chi connectivity index (χ2n) is 7.50. The summed E-state index contributed by atoms with van der Waals surface area (Å²) in [6.45, 7) is 3.49. The molecule has 2 saturated heterocycles. The SMILES string of the molecule is O=C1Cc2cc(-c3cnc(O[C@H]4CCN5CCCC4C5)nc3)ccc2N1. The van der Waals surface area contributed by atoms with Crippen LogP contribution in [0.15, 0.2) is 30.6 Å². The van der Waals surface area contributed by atoms with Crippen LogP contribution >= 0.6 is 0 Å². The fourth-order valence-corrected chi connectivity index (χ4v) is 4.37. The number of rotatable bonds is 3. The third-order valence-electron chi connectivity index (χ3n) is 5.75. The molecule has 3 aliphatic rings. The minimum Gasteiger partial charge on any atom is -0.460 e. The number of carbonyl (C=O) groups excluding carboxylic acids is 1. The molecule has 2 bridgehead atoms. The number of anilines is 1. The topological polar surface area (TPSA) is 67.3 Å². The van der Waals surface area contributed by atoms with Crippen LogP contribution in [0.25, 0.3) is 11.1 Å². The highest BCUT2D eigenvalue weighted by Crippen LogP contribution is 2.30. The molecule has 1 aromatic heterocycles. The second-order valence-corrected chi connectivity index (χ2v) is 7.50. The maximum absolute atomic E-state index is 11.5. The van der Waals surface area contributed by atoms with E-state index >= 15 is 0 Å². The van der Waals surface area contributed by atoms with Gasteiger partial charge >= 0.3 is 6.01 Å². The van der Waals surface area contributed by atoms with Gasteiger partial charge in [0.05, 0.1) is 6.42 Å². The first kappa shape index (κ1) is 15.8. The summed E-state index contributed by atoms with van der Waals surface area (Å²) in [5, 5.41) is 2.85. The molecule has 0 radical (unpaired) electrons. The number of carbonyl (C=O) groups is 1. The van der Waals surface area contributed by atoms with Crippen LogP contribution < -0.4 is 10.1 Å². The fourth-order valence-electron chi connectivity index (χ4n) is 4.37. The predicted octanol–water partition coefficient (Wildman–Crippen LogP) is 2.50. The van der Waals surface area contributed by atoms with Crippen LogP contribution in [0.3, 0.4) is 0 Å². The van der Waals surface area contributed by atoms with E-state index in [2.05, 4.69) is 20.2 Å². The van der Waals surface area contributed by atoms with E-state index < -0.39 is 0 Å². The lowest BCUT2D eigenvalue weighted by atomic mass is 9.87. The highest BCUT2D eigenvalue weighted by Gasteiger charge is 2.33. The van der Waals surface area contributed by atoms with Crippen molar-refractivity contribution in [2.75, 3.05) is 25.0 Å². The molecule has 1 aromatic carbocycles. The van der Waals surface area contributed by atoms with E-state index in [9.17, 15) is 4.79 Å². The number of aromatic nitrogens is 2. The van der Waals surface area contributed by atoms with Gasteiger partial charge in [-0.1, -0.05) is 6.07 Å². The van der Waals surface area contributed by atoms with Crippen LogP contribution in [0.4, 0.5) is 5.69 Å². The molecule has 0 saturated carbocycles. The zero-order valence-electron chi connectivity index (χ0n) is 14.6. The number of fused-ring (bicyclic) bond motifs is 3. The van der Waals surface area contributed by atoms with E-state index in [0.717, 1.165) is 41.9 Å². The Bertz CT molecular complexity index is 836. The summed E-state index contributed by atoms with van der Waals surface area (Å²) in [4.78, 5) is 22.9. The predicted molar refractivity (Wildman–Crippen MR) is 98.0 cm³/mol. The third kappa shape index (κ3) is 2.94. The average molecular weight is 350 g/mol. The summed E-state index contributed by atoms with van der Waals surface area (Å²) in [5.74, 6) is 0.647. The Morgan fingerprint density at radius 3 is 2.88 bits per heavy atom. The average Bonchev–Trinajstić information content (AvgIpc) is 3.04. The molecule has 6 nitrogen and oxygen atoms in total. The van der Waals surface area contributed by atoms with E-state index in [1.165, 1.54) is 19.4 Å². The maximum atomic E-state index is 11.5. The van der Waals surface area contributed by atoms with Crippen LogP contribution in [0.2, 0.25) is 0 Å². The van der Waals surface area contributed by atoms with Crippen LogP contribution in [0, 0.1) is 5.92 Å². The number of ether oxygens (including phenoxy) is 1. The highest BCUT2D eigenvalue weighted by atomic mass is 16.5. The summed E-state index contributed by atoms with van der Waals surface area (Å²) < 4.78 is 6.12. The summed E-state index contributed by atoms with van der Waals surface area (Å²) in [6.07, 6.45) is 7.84. The molecular formula is C20H22N4O2. The summed E-state index contributed by atoms with van der Waals surface area (Å²) in [6, 6.07) is 6.43. The molecule has 1 N–H and O–H groups in total. The van der Waals surface area contributed by atoms with Crippen molar-refractivity contribution in [1.29, 1.82) is 0 Å². The number of piperidine rings is 2. The molecule has 2 fully saturated rings. The van der Waals surface area contributed by atoms with Gasteiger partial charge in [-0.25, -0.2) is 9.97 Å². The molecule has 2 unspecified atom stereocenters. The minimum absolute atomic E-state index is 0.0471. The van der Waals surface area contributed by atoms with Crippen LogP contribution in [-0.2, 0) is 11.2 Å². The van der Waals surface area contributed by atoms with Gasteiger partial charge in [0, 0.05) is 42.7 Å². The molecule has 0 aliphatic carbocycles. The van der Waals surface area contributed by atoms with E-state index in [-0.39, 0.29) is 12.0 Å². The van der Waals surface area contributed by atoms with Gasteiger partial charge in [0.25, 0.3) is 0 Å². The quantitative estimate of drug-likeness (QED) is 0.921. The van der Waals surface area contributed by atoms with Gasteiger partial charge in [-0.2, -0.15) is 0 Å². The molecule has 3 atom stereocenters. The van der Waals surface area contributed by atoms with E-state index in [1.54, 1.807) is 0 Å². The number of nitrogens with one attached hydrogen (secondary N) is 1. The molecule has 2 aromatic rings. The lowest BCUT2D eigenvalue weighted by Crippen LogP contribution is -2.49. The largest absolute Gasteiger partial charge is 0.460 e. The first-order chi connectivity index (χ1) is 12.7. The van der Waals surface area contributed by atoms with Crippen molar-refractivity contribution in [3.63, 3.8) is 0 Å². The van der Waals surface area contributed by atoms with Crippen molar-refractivity contribution in [3.05, 3.63) is 36.2 Å². The molecular weight excluding hydrogens is 328 g/mol. The van der Waals surface area contributed by atoms with Crippen LogP contribution in [-0.4, -0.2) is 46.5 Å². The van der Waals surface area contributed by atoms with Crippen molar-refractivity contribution < 1.29 is 9.53 Å². The zero-order valence-corrected chi connectivity index (χ0v) is 14.6. The van der Waals surface area contributed by atoms with Gasteiger partial charge in [-0.05, 0) is 49.1 Å². The van der Waals surface area contributed by atoms with Crippen molar-refractivity contribution in [1.82, 2.24) is 14.9 Å². The maximum Gasteiger partial charge on any atom is 0.316 e. The van der Waals surface area contributed by atoms with Crippen molar-refractivity contribution in [2.24, 2.45) is 5.92 Å². The summed E-state index contributed by atoms with van der Waals surface area (Å²) in [7, 11) is 0. The fraction of sp³-hybridized carbons (Fsp3) is 0.450. The molecule has 134 valence electrons. The standard InChI is InChI=1S/C20H22N4O2/c25-19-9-15-8-13(3-4-17(15)23-19)16-10-21-20(22-11-16)26-18-5-7-24-6-1-2-14(18)12-24/h3-4,8,10-11,14,18H,1-2,5-7,9,12H2,(H,23,25)/t14?,18-/m0/s1. The van der Waals surface area contributed by atoms with Crippen molar-refractivity contribution in [2.45, 2.75) is 31.8 Å². The Balaban J connectivity index is 1.30. The monoisotopic (exact) mass is 350 g/mol. The van der Waals surface area contributed by atoms with Crippen LogP contribution in [0.1, 0.15) is 24.8 Å². The van der Waals surface area contributed by atoms with Crippen molar-refractivity contribution >= 4 is 11.6 Å². The van der Waals surface area contributed by atoms with E-state index in [1.807, 2.05) is 30.6 Å². The lowest BCUT2D eigenvalue weighted by molar-refractivity contribution is -0.115.